The normalized spacial score (nSPS) is 19.9. The van der Waals surface area contributed by atoms with E-state index >= 15 is 0 Å². The Hall–Kier alpha value is -1.82. The number of amides is 2. The van der Waals surface area contributed by atoms with E-state index in [1.807, 2.05) is 0 Å². The van der Waals surface area contributed by atoms with Gasteiger partial charge in [-0.05, 0) is 12.1 Å². The molecular weight excluding hydrogens is 244 g/mol. The second kappa shape index (κ2) is 4.21. The lowest BCUT2D eigenvalue weighted by Gasteiger charge is -2.13. The summed E-state index contributed by atoms with van der Waals surface area (Å²) in [5, 5.41) is 3.10. The number of nitrogens with zero attached hydrogens (tertiary/aromatic N) is 2. The van der Waals surface area contributed by atoms with Gasteiger partial charge in [0.25, 0.3) is 5.91 Å². The van der Waals surface area contributed by atoms with Gasteiger partial charge in [0.2, 0.25) is 5.91 Å². The first-order valence-corrected chi connectivity index (χ1v) is 5.36. The lowest BCUT2D eigenvalue weighted by Crippen LogP contribution is -2.32. The van der Waals surface area contributed by atoms with Gasteiger partial charge < -0.3 is 11.1 Å². The fourth-order valence-corrected chi connectivity index (χ4v) is 1.74. The van der Waals surface area contributed by atoms with Crippen molar-refractivity contribution in [2.24, 2.45) is 0 Å². The molecule has 1 aromatic rings. The number of carbonyl (C=O) groups excluding carboxylic acids is 2. The fourth-order valence-electron chi connectivity index (χ4n) is 1.60. The van der Waals surface area contributed by atoms with Gasteiger partial charge >= 0.3 is 0 Å². The van der Waals surface area contributed by atoms with Crippen LogP contribution in [0.5, 0.6) is 0 Å². The van der Waals surface area contributed by atoms with Gasteiger partial charge in [0.05, 0.1) is 12.1 Å². The van der Waals surface area contributed by atoms with Crippen molar-refractivity contribution in [2.75, 3.05) is 18.1 Å². The highest BCUT2D eigenvalue weighted by atomic mass is 35.5. The molecule has 1 aliphatic heterocycles. The first-order chi connectivity index (χ1) is 7.99. The van der Waals surface area contributed by atoms with E-state index in [1.165, 1.54) is 7.05 Å². The van der Waals surface area contributed by atoms with Gasteiger partial charge in [-0.2, -0.15) is 0 Å². The molecule has 1 unspecified atom stereocenters. The molecule has 1 saturated heterocycles. The van der Waals surface area contributed by atoms with Crippen LogP contribution in [0.2, 0.25) is 5.15 Å². The van der Waals surface area contributed by atoms with Crippen molar-refractivity contribution in [2.45, 2.75) is 12.5 Å². The maximum atomic E-state index is 11.7. The number of pyridine rings is 1. The van der Waals surface area contributed by atoms with Crippen molar-refractivity contribution in [1.29, 1.82) is 0 Å². The van der Waals surface area contributed by atoms with Crippen molar-refractivity contribution in [3.8, 4) is 0 Å². The summed E-state index contributed by atoms with van der Waals surface area (Å²) < 4.78 is 0. The van der Waals surface area contributed by atoms with E-state index < -0.39 is 6.04 Å². The van der Waals surface area contributed by atoms with E-state index in [0.29, 0.717) is 11.5 Å². The van der Waals surface area contributed by atoms with E-state index in [-0.39, 0.29) is 23.4 Å². The Labute approximate surface area is 103 Å². The molecule has 1 fully saturated rings. The quantitative estimate of drug-likeness (QED) is 0.592. The zero-order chi connectivity index (χ0) is 12.6. The van der Waals surface area contributed by atoms with E-state index in [0.717, 1.165) is 4.90 Å². The summed E-state index contributed by atoms with van der Waals surface area (Å²) in [6.45, 7) is 0. The molecule has 1 aromatic heterocycles. The maximum Gasteiger partial charge on any atom is 0.251 e. The summed E-state index contributed by atoms with van der Waals surface area (Å²) in [6.07, 6.45) is 0.100. The van der Waals surface area contributed by atoms with Crippen LogP contribution in [0.1, 0.15) is 6.42 Å². The van der Waals surface area contributed by atoms with Crippen LogP contribution in [0.25, 0.3) is 0 Å². The summed E-state index contributed by atoms with van der Waals surface area (Å²) in [6, 6.07) is 2.51. The molecule has 90 valence electrons. The molecule has 0 spiro atoms. The minimum absolute atomic E-state index is 0.100. The molecule has 2 heterocycles. The first kappa shape index (κ1) is 11.7. The Morgan fingerprint density at radius 1 is 1.53 bits per heavy atom. The fraction of sp³-hybridized carbons (Fsp3) is 0.300. The summed E-state index contributed by atoms with van der Waals surface area (Å²) in [7, 11) is 1.45. The van der Waals surface area contributed by atoms with Gasteiger partial charge in [-0.25, -0.2) is 4.98 Å². The molecule has 1 aliphatic rings. The number of aromatic nitrogens is 1. The van der Waals surface area contributed by atoms with Gasteiger partial charge in [-0.1, -0.05) is 11.6 Å². The highest BCUT2D eigenvalue weighted by Crippen LogP contribution is 2.22. The smallest absolute Gasteiger partial charge is 0.251 e. The third-order valence-electron chi connectivity index (χ3n) is 2.58. The standard InChI is InChI=1S/C10H11ClN4O2/c1-15-8(16)4-6(10(15)17)13-9-5(12)2-3-7(11)14-9/h2-3,6H,4,12H2,1H3,(H,13,14). The third kappa shape index (κ3) is 2.16. The summed E-state index contributed by atoms with van der Waals surface area (Å²) in [5.74, 6) is -0.205. The number of hydrogen-bond donors (Lipinski definition) is 2. The highest BCUT2D eigenvalue weighted by Gasteiger charge is 2.36. The molecule has 0 saturated carbocycles. The number of anilines is 2. The van der Waals surface area contributed by atoms with Crippen LogP contribution in [-0.4, -0.2) is 34.8 Å². The zero-order valence-electron chi connectivity index (χ0n) is 9.11. The predicted molar refractivity (Wildman–Crippen MR) is 63.5 cm³/mol. The molecule has 0 bridgehead atoms. The lowest BCUT2D eigenvalue weighted by molar-refractivity contribution is -0.136. The van der Waals surface area contributed by atoms with Gasteiger partial charge in [0.15, 0.2) is 5.82 Å². The summed E-state index contributed by atoms with van der Waals surface area (Å²) >= 11 is 5.73. The average molecular weight is 255 g/mol. The molecule has 0 aromatic carbocycles. The van der Waals surface area contributed by atoms with E-state index in [1.54, 1.807) is 12.1 Å². The molecule has 7 heteroatoms. The first-order valence-electron chi connectivity index (χ1n) is 4.98. The number of likely N-dealkylation sites (tertiary alicyclic amines) is 1. The Morgan fingerprint density at radius 3 is 2.82 bits per heavy atom. The number of nitrogens with two attached hydrogens (primary N) is 1. The van der Waals surface area contributed by atoms with E-state index in [4.69, 9.17) is 17.3 Å². The average Bonchev–Trinajstić information content (AvgIpc) is 2.52. The minimum atomic E-state index is -0.624. The van der Waals surface area contributed by atoms with Crippen molar-refractivity contribution in [3.63, 3.8) is 0 Å². The molecule has 1 atom stereocenters. The number of rotatable bonds is 2. The van der Waals surface area contributed by atoms with Crippen LogP contribution in [-0.2, 0) is 9.59 Å². The Kier molecular flexibility index (Phi) is 2.89. The number of likely N-dealkylation sites (N-methyl/N-ethyl adjacent to an activating group) is 1. The van der Waals surface area contributed by atoms with Gasteiger partial charge in [-0.3, -0.25) is 14.5 Å². The molecule has 2 amide bonds. The lowest BCUT2D eigenvalue weighted by atomic mass is 10.2. The molecule has 2 rings (SSSR count). The Morgan fingerprint density at radius 2 is 2.24 bits per heavy atom. The number of hydrogen-bond acceptors (Lipinski definition) is 5. The molecule has 0 aliphatic carbocycles. The molecule has 3 N–H and O–H groups in total. The molecule has 17 heavy (non-hydrogen) atoms. The highest BCUT2D eigenvalue weighted by molar-refractivity contribution is 6.29. The summed E-state index contributed by atoms with van der Waals surface area (Å²) in [4.78, 5) is 28.0. The summed E-state index contributed by atoms with van der Waals surface area (Å²) in [5.41, 5.74) is 6.07. The van der Waals surface area contributed by atoms with Crippen LogP contribution in [0.3, 0.4) is 0 Å². The van der Waals surface area contributed by atoms with E-state index in [2.05, 4.69) is 10.3 Å². The van der Waals surface area contributed by atoms with E-state index in [9.17, 15) is 9.59 Å². The van der Waals surface area contributed by atoms with Gasteiger partial charge in [0.1, 0.15) is 11.2 Å². The number of halogens is 1. The third-order valence-corrected chi connectivity index (χ3v) is 2.80. The largest absolute Gasteiger partial charge is 0.396 e. The molecular formula is C10H11ClN4O2. The number of imide groups is 1. The van der Waals surface area contributed by atoms with Crippen LogP contribution in [0, 0.1) is 0 Å². The monoisotopic (exact) mass is 254 g/mol. The van der Waals surface area contributed by atoms with Crippen molar-refractivity contribution < 1.29 is 9.59 Å². The SMILES string of the molecule is CN1C(=O)CC(Nc2nc(Cl)ccc2N)C1=O. The number of nitrogens with one attached hydrogen (secondary N) is 1. The maximum absolute atomic E-state index is 11.7. The minimum Gasteiger partial charge on any atom is -0.396 e. The van der Waals surface area contributed by atoms with Crippen LogP contribution < -0.4 is 11.1 Å². The van der Waals surface area contributed by atoms with Gasteiger partial charge in [0, 0.05) is 7.05 Å². The number of carbonyl (C=O) groups is 2. The Balaban J connectivity index is 2.19. The Bertz CT molecular complexity index is 491. The molecule has 0 radical (unpaired) electrons. The van der Waals surface area contributed by atoms with Crippen LogP contribution in [0.15, 0.2) is 12.1 Å². The second-order valence-corrected chi connectivity index (χ2v) is 4.15. The topological polar surface area (TPSA) is 88.3 Å². The zero-order valence-corrected chi connectivity index (χ0v) is 9.86. The van der Waals surface area contributed by atoms with Crippen LogP contribution >= 0.6 is 11.6 Å². The second-order valence-electron chi connectivity index (χ2n) is 3.76. The van der Waals surface area contributed by atoms with Gasteiger partial charge in [-0.15, -0.1) is 0 Å². The predicted octanol–water partition coefficient (Wildman–Crippen LogP) is 0.486. The number of nitrogen functional groups attached to an aromatic ring is 1. The van der Waals surface area contributed by atoms with Crippen molar-refractivity contribution >= 4 is 34.9 Å². The van der Waals surface area contributed by atoms with Crippen molar-refractivity contribution in [1.82, 2.24) is 9.88 Å². The van der Waals surface area contributed by atoms with Crippen molar-refractivity contribution in [3.05, 3.63) is 17.3 Å². The molecule has 6 nitrogen and oxygen atoms in total. The van der Waals surface area contributed by atoms with Crippen LogP contribution in [0.4, 0.5) is 11.5 Å².